The molecule has 114 valence electrons. The minimum atomic E-state index is 0.0597. The number of para-hydroxylation sites is 1. The van der Waals surface area contributed by atoms with Crippen LogP contribution < -0.4 is 4.74 Å². The van der Waals surface area contributed by atoms with Crippen molar-refractivity contribution < 1.29 is 9.53 Å². The number of carbonyl (C=O) groups is 1. The van der Waals surface area contributed by atoms with Crippen LogP contribution in [0.25, 0.3) is 0 Å². The number of nitrogens with zero attached hydrogens (tertiary/aromatic N) is 1. The van der Waals surface area contributed by atoms with E-state index in [4.69, 9.17) is 4.74 Å². The molecule has 1 atom stereocenters. The number of hydrogen-bond donors (Lipinski definition) is 0. The maximum absolute atomic E-state index is 11.8. The lowest BCUT2D eigenvalue weighted by Crippen LogP contribution is -2.28. The second kappa shape index (κ2) is 6.88. The van der Waals surface area contributed by atoms with Gasteiger partial charge in [0.25, 0.3) is 0 Å². The van der Waals surface area contributed by atoms with Crippen molar-refractivity contribution in [2.45, 2.75) is 18.9 Å². The molecule has 1 fully saturated rings. The summed E-state index contributed by atoms with van der Waals surface area (Å²) in [6.07, 6.45) is 0. The van der Waals surface area contributed by atoms with Gasteiger partial charge in [0.1, 0.15) is 17.7 Å². The van der Waals surface area contributed by atoms with E-state index in [1.165, 1.54) is 0 Å². The summed E-state index contributed by atoms with van der Waals surface area (Å²) in [6, 6.07) is 18.1. The molecule has 2 aromatic rings. The first-order valence-electron chi connectivity index (χ1n) is 7.40. The number of ether oxygens (including phenoxy) is 1. The Morgan fingerprint density at radius 1 is 1.18 bits per heavy atom. The zero-order valence-corrected chi connectivity index (χ0v) is 13.4. The Kier molecular flexibility index (Phi) is 4.68. The van der Waals surface area contributed by atoms with E-state index in [-0.39, 0.29) is 11.3 Å². The van der Waals surface area contributed by atoms with Crippen LogP contribution in [0.3, 0.4) is 0 Å². The molecular formula is C18H19NO2S. The normalized spacial score (nSPS) is 17.5. The zero-order chi connectivity index (χ0) is 15.4. The highest BCUT2D eigenvalue weighted by Crippen LogP contribution is 2.41. The first-order chi connectivity index (χ1) is 10.8. The summed E-state index contributed by atoms with van der Waals surface area (Å²) in [7, 11) is 0. The molecule has 22 heavy (non-hydrogen) atoms. The van der Waals surface area contributed by atoms with Gasteiger partial charge in [-0.2, -0.15) is 0 Å². The van der Waals surface area contributed by atoms with Crippen molar-refractivity contribution in [3.05, 3.63) is 65.7 Å². The number of amides is 1. The minimum Gasteiger partial charge on any atom is -0.489 e. The van der Waals surface area contributed by atoms with Gasteiger partial charge in [-0.05, 0) is 11.6 Å². The van der Waals surface area contributed by atoms with E-state index in [2.05, 4.69) is 18.2 Å². The van der Waals surface area contributed by atoms with Crippen LogP contribution in [0.5, 0.6) is 5.75 Å². The molecule has 2 aromatic carbocycles. The van der Waals surface area contributed by atoms with Crippen molar-refractivity contribution in [1.29, 1.82) is 0 Å². The first-order valence-corrected chi connectivity index (χ1v) is 8.45. The van der Waals surface area contributed by atoms with E-state index in [0.29, 0.717) is 6.61 Å². The molecule has 0 radical (unpaired) electrons. The number of rotatable bonds is 4. The standard InChI is InChI=1S/C18H19NO2S/c1-14(20)19-11-12-22-18(19)16-9-5-6-10-17(16)21-13-15-7-3-2-4-8-15/h2-10,18H,11-13H2,1H3. The maximum Gasteiger partial charge on any atom is 0.220 e. The second-order valence-electron chi connectivity index (χ2n) is 5.25. The van der Waals surface area contributed by atoms with E-state index in [1.54, 1.807) is 18.7 Å². The Balaban J connectivity index is 1.79. The van der Waals surface area contributed by atoms with Gasteiger partial charge < -0.3 is 9.64 Å². The van der Waals surface area contributed by atoms with Crippen molar-refractivity contribution in [3.8, 4) is 5.75 Å². The fourth-order valence-corrected chi connectivity index (χ4v) is 3.93. The van der Waals surface area contributed by atoms with Crippen LogP contribution in [-0.2, 0) is 11.4 Å². The number of thioether (sulfide) groups is 1. The molecule has 3 nitrogen and oxygen atoms in total. The lowest BCUT2D eigenvalue weighted by atomic mass is 10.1. The molecule has 0 N–H and O–H groups in total. The van der Waals surface area contributed by atoms with Crippen LogP contribution in [0.1, 0.15) is 23.4 Å². The molecular weight excluding hydrogens is 294 g/mol. The largest absolute Gasteiger partial charge is 0.489 e. The Morgan fingerprint density at radius 2 is 1.91 bits per heavy atom. The van der Waals surface area contributed by atoms with Gasteiger partial charge in [-0.1, -0.05) is 48.5 Å². The van der Waals surface area contributed by atoms with Gasteiger partial charge in [0.2, 0.25) is 5.91 Å². The molecule has 1 amide bonds. The Labute approximate surface area is 135 Å². The number of carbonyl (C=O) groups excluding carboxylic acids is 1. The Hall–Kier alpha value is -1.94. The van der Waals surface area contributed by atoms with Crippen LogP contribution in [0.4, 0.5) is 0 Å². The average molecular weight is 313 g/mol. The van der Waals surface area contributed by atoms with Crippen LogP contribution in [0.2, 0.25) is 0 Å². The minimum absolute atomic E-state index is 0.0597. The van der Waals surface area contributed by atoms with Gasteiger partial charge in [0, 0.05) is 24.8 Å². The monoisotopic (exact) mass is 313 g/mol. The van der Waals surface area contributed by atoms with Crippen molar-refractivity contribution in [2.24, 2.45) is 0 Å². The van der Waals surface area contributed by atoms with E-state index in [0.717, 1.165) is 29.2 Å². The van der Waals surface area contributed by atoms with Crippen LogP contribution in [0.15, 0.2) is 54.6 Å². The van der Waals surface area contributed by atoms with Crippen LogP contribution >= 0.6 is 11.8 Å². The summed E-state index contributed by atoms with van der Waals surface area (Å²) in [5.41, 5.74) is 2.22. The molecule has 1 unspecified atom stereocenters. The maximum atomic E-state index is 11.8. The smallest absolute Gasteiger partial charge is 0.220 e. The van der Waals surface area contributed by atoms with Gasteiger partial charge in [0.15, 0.2) is 0 Å². The second-order valence-corrected chi connectivity index (χ2v) is 6.44. The summed E-state index contributed by atoms with van der Waals surface area (Å²) in [6.45, 7) is 2.97. The molecule has 4 heteroatoms. The van der Waals surface area contributed by atoms with E-state index in [9.17, 15) is 4.79 Å². The topological polar surface area (TPSA) is 29.5 Å². The first kappa shape index (κ1) is 15.0. The molecule has 0 bridgehead atoms. The van der Waals surface area contributed by atoms with Gasteiger partial charge in [-0.15, -0.1) is 11.8 Å². The van der Waals surface area contributed by atoms with E-state index >= 15 is 0 Å². The Bertz CT molecular complexity index is 645. The molecule has 0 aromatic heterocycles. The fourth-order valence-electron chi connectivity index (χ4n) is 2.60. The van der Waals surface area contributed by atoms with Crippen molar-refractivity contribution in [3.63, 3.8) is 0 Å². The van der Waals surface area contributed by atoms with Gasteiger partial charge in [-0.3, -0.25) is 4.79 Å². The Morgan fingerprint density at radius 3 is 2.68 bits per heavy atom. The highest BCUT2D eigenvalue weighted by atomic mass is 32.2. The molecule has 0 saturated carbocycles. The van der Waals surface area contributed by atoms with Gasteiger partial charge >= 0.3 is 0 Å². The highest BCUT2D eigenvalue weighted by molar-refractivity contribution is 7.99. The van der Waals surface area contributed by atoms with E-state index < -0.39 is 0 Å². The SMILES string of the molecule is CC(=O)N1CCSC1c1ccccc1OCc1ccccc1. The third-order valence-electron chi connectivity index (χ3n) is 3.72. The molecule has 1 heterocycles. The highest BCUT2D eigenvalue weighted by Gasteiger charge is 2.30. The van der Waals surface area contributed by atoms with Crippen LogP contribution in [-0.4, -0.2) is 23.1 Å². The molecule has 0 spiro atoms. The molecule has 0 aliphatic carbocycles. The summed E-state index contributed by atoms with van der Waals surface area (Å²) in [5.74, 6) is 1.95. The van der Waals surface area contributed by atoms with Crippen molar-refractivity contribution >= 4 is 17.7 Å². The average Bonchev–Trinajstić information content (AvgIpc) is 3.04. The predicted molar refractivity (Wildman–Crippen MR) is 89.8 cm³/mol. The molecule has 1 aliphatic rings. The molecule has 1 aliphatic heterocycles. The quantitative estimate of drug-likeness (QED) is 0.858. The van der Waals surface area contributed by atoms with Gasteiger partial charge in [-0.25, -0.2) is 0 Å². The van der Waals surface area contributed by atoms with Crippen molar-refractivity contribution in [2.75, 3.05) is 12.3 Å². The lowest BCUT2D eigenvalue weighted by Gasteiger charge is -2.24. The third-order valence-corrected chi connectivity index (χ3v) is 4.96. The number of benzene rings is 2. The van der Waals surface area contributed by atoms with E-state index in [1.807, 2.05) is 41.3 Å². The van der Waals surface area contributed by atoms with Crippen LogP contribution in [0, 0.1) is 0 Å². The zero-order valence-electron chi connectivity index (χ0n) is 12.6. The number of hydrogen-bond acceptors (Lipinski definition) is 3. The van der Waals surface area contributed by atoms with Crippen molar-refractivity contribution in [1.82, 2.24) is 4.90 Å². The summed E-state index contributed by atoms with van der Waals surface area (Å²) < 4.78 is 6.01. The van der Waals surface area contributed by atoms with Gasteiger partial charge in [0.05, 0.1) is 0 Å². The molecule has 3 rings (SSSR count). The lowest BCUT2D eigenvalue weighted by molar-refractivity contribution is -0.128. The molecule has 1 saturated heterocycles. The predicted octanol–water partition coefficient (Wildman–Crippen LogP) is 3.86. The summed E-state index contributed by atoms with van der Waals surface area (Å²) >= 11 is 1.79. The third kappa shape index (κ3) is 3.28. The summed E-state index contributed by atoms with van der Waals surface area (Å²) in [4.78, 5) is 13.7. The summed E-state index contributed by atoms with van der Waals surface area (Å²) in [5, 5.41) is 0.0597. The fraction of sp³-hybridized carbons (Fsp3) is 0.278.